The topological polar surface area (TPSA) is 95.9 Å². The molecule has 0 bridgehead atoms. The van der Waals surface area contributed by atoms with Crippen LogP contribution in [0, 0.1) is 11.8 Å². The molecule has 0 unspecified atom stereocenters. The standard InChI is InChI=1S/C15H21NO5/c1-11(7-13(15(19)20)8-14(17)18)9-16-21-10-12-5-3-2-4-6-12/h2-6,11,13,16H,7-10H2,1H3,(H,17,18)(H,19,20)/t11-,13-/m1/s1. The lowest BCUT2D eigenvalue weighted by Gasteiger charge is -2.16. The first kappa shape index (κ1) is 17.1. The van der Waals surface area contributed by atoms with Crippen molar-refractivity contribution in [1.82, 2.24) is 5.48 Å². The molecule has 6 heteroatoms. The van der Waals surface area contributed by atoms with E-state index in [4.69, 9.17) is 15.1 Å². The van der Waals surface area contributed by atoms with E-state index in [9.17, 15) is 9.59 Å². The Balaban J connectivity index is 2.24. The quantitative estimate of drug-likeness (QED) is 0.451. The molecule has 21 heavy (non-hydrogen) atoms. The average molecular weight is 295 g/mol. The van der Waals surface area contributed by atoms with Crippen LogP contribution in [0.25, 0.3) is 0 Å². The number of carbonyl (C=O) groups is 2. The molecule has 0 amide bonds. The second-order valence-corrected chi connectivity index (χ2v) is 5.10. The summed E-state index contributed by atoms with van der Waals surface area (Å²) in [5.41, 5.74) is 3.83. The van der Waals surface area contributed by atoms with Crippen molar-refractivity contribution in [3.63, 3.8) is 0 Å². The van der Waals surface area contributed by atoms with E-state index in [-0.39, 0.29) is 12.3 Å². The summed E-state index contributed by atoms with van der Waals surface area (Å²) < 4.78 is 0. The zero-order valence-corrected chi connectivity index (χ0v) is 12.0. The van der Waals surface area contributed by atoms with Gasteiger partial charge in [0.25, 0.3) is 0 Å². The Bertz CT molecular complexity index is 449. The van der Waals surface area contributed by atoms with Gasteiger partial charge in [-0.15, -0.1) is 0 Å². The zero-order valence-electron chi connectivity index (χ0n) is 12.0. The molecular weight excluding hydrogens is 274 g/mol. The zero-order chi connectivity index (χ0) is 15.7. The lowest BCUT2D eigenvalue weighted by atomic mass is 9.93. The Morgan fingerprint density at radius 3 is 2.48 bits per heavy atom. The maximum atomic E-state index is 11.0. The van der Waals surface area contributed by atoms with Gasteiger partial charge < -0.3 is 10.2 Å². The van der Waals surface area contributed by atoms with Crippen LogP contribution in [0.2, 0.25) is 0 Å². The van der Waals surface area contributed by atoms with E-state index in [2.05, 4.69) is 5.48 Å². The van der Waals surface area contributed by atoms with Crippen LogP contribution in [0.5, 0.6) is 0 Å². The lowest BCUT2D eigenvalue weighted by molar-refractivity contribution is -0.148. The number of rotatable bonds is 10. The Hall–Kier alpha value is -1.92. The fraction of sp³-hybridized carbons (Fsp3) is 0.467. The molecule has 1 aromatic rings. The summed E-state index contributed by atoms with van der Waals surface area (Å²) in [7, 11) is 0. The highest BCUT2D eigenvalue weighted by Crippen LogP contribution is 2.16. The third kappa shape index (κ3) is 7.43. The summed E-state index contributed by atoms with van der Waals surface area (Å²) in [6.07, 6.45) is -0.0616. The number of benzene rings is 1. The van der Waals surface area contributed by atoms with Crippen molar-refractivity contribution in [2.24, 2.45) is 11.8 Å². The van der Waals surface area contributed by atoms with Gasteiger partial charge in [-0.05, 0) is 17.9 Å². The molecule has 0 saturated heterocycles. The minimum Gasteiger partial charge on any atom is -0.481 e. The second-order valence-electron chi connectivity index (χ2n) is 5.10. The largest absolute Gasteiger partial charge is 0.481 e. The number of carboxylic acids is 2. The number of aliphatic carboxylic acids is 2. The summed E-state index contributed by atoms with van der Waals surface area (Å²) in [6, 6.07) is 9.65. The highest BCUT2D eigenvalue weighted by molar-refractivity contribution is 5.77. The van der Waals surface area contributed by atoms with Crippen molar-refractivity contribution in [3.8, 4) is 0 Å². The number of nitrogens with one attached hydrogen (secondary N) is 1. The maximum Gasteiger partial charge on any atom is 0.307 e. The minimum absolute atomic E-state index is 0.00113. The molecular formula is C15H21NO5. The fourth-order valence-electron chi connectivity index (χ4n) is 1.96. The van der Waals surface area contributed by atoms with Crippen LogP contribution >= 0.6 is 0 Å². The van der Waals surface area contributed by atoms with E-state index in [1.807, 2.05) is 37.3 Å². The molecule has 116 valence electrons. The lowest BCUT2D eigenvalue weighted by Crippen LogP contribution is -2.26. The Morgan fingerprint density at radius 2 is 1.90 bits per heavy atom. The predicted molar refractivity (Wildman–Crippen MR) is 76.4 cm³/mol. The number of hydroxylamine groups is 1. The van der Waals surface area contributed by atoms with Crippen LogP contribution in [0.3, 0.4) is 0 Å². The van der Waals surface area contributed by atoms with Crippen LogP contribution in [-0.2, 0) is 21.0 Å². The van der Waals surface area contributed by atoms with Crippen LogP contribution in [0.1, 0.15) is 25.3 Å². The number of carboxylic acid groups (broad SMARTS) is 2. The van der Waals surface area contributed by atoms with Crippen LogP contribution in [0.4, 0.5) is 0 Å². The van der Waals surface area contributed by atoms with Gasteiger partial charge in [-0.3, -0.25) is 14.4 Å². The van der Waals surface area contributed by atoms with Gasteiger partial charge >= 0.3 is 11.9 Å². The smallest absolute Gasteiger partial charge is 0.307 e. The second kappa shape index (κ2) is 9.10. The Morgan fingerprint density at radius 1 is 1.24 bits per heavy atom. The van der Waals surface area contributed by atoms with Gasteiger partial charge in [-0.2, -0.15) is 0 Å². The molecule has 0 radical (unpaired) electrons. The first-order chi connectivity index (χ1) is 9.99. The molecule has 6 nitrogen and oxygen atoms in total. The Kier molecular flexibility index (Phi) is 7.42. The average Bonchev–Trinajstić information content (AvgIpc) is 2.43. The molecule has 0 aliphatic rings. The molecule has 0 aliphatic carbocycles. The molecule has 0 saturated carbocycles. The minimum atomic E-state index is -1.09. The fourth-order valence-corrected chi connectivity index (χ4v) is 1.96. The molecule has 3 N–H and O–H groups in total. The number of hydrogen-bond donors (Lipinski definition) is 3. The molecule has 0 aromatic heterocycles. The first-order valence-corrected chi connectivity index (χ1v) is 6.82. The Labute approximate surface area is 123 Å². The third-order valence-electron chi connectivity index (χ3n) is 3.07. The summed E-state index contributed by atoms with van der Waals surface area (Å²) in [5.74, 6) is -3.04. The van der Waals surface area contributed by atoms with Crippen LogP contribution < -0.4 is 5.48 Å². The SMILES string of the molecule is C[C@@H](CNOCc1ccccc1)C[C@H](CC(=O)O)C(=O)O. The van der Waals surface area contributed by atoms with E-state index in [1.54, 1.807) is 0 Å². The summed E-state index contributed by atoms with van der Waals surface area (Å²) >= 11 is 0. The van der Waals surface area contributed by atoms with Gasteiger partial charge in [0.05, 0.1) is 18.9 Å². The monoisotopic (exact) mass is 295 g/mol. The van der Waals surface area contributed by atoms with E-state index >= 15 is 0 Å². The molecule has 2 atom stereocenters. The summed E-state index contributed by atoms with van der Waals surface area (Å²) in [4.78, 5) is 26.9. The molecule has 0 spiro atoms. The van der Waals surface area contributed by atoms with Crippen molar-refractivity contribution < 1.29 is 24.6 Å². The van der Waals surface area contributed by atoms with Crippen LogP contribution in [0.15, 0.2) is 30.3 Å². The highest BCUT2D eigenvalue weighted by atomic mass is 16.6. The van der Waals surface area contributed by atoms with Crippen molar-refractivity contribution in [2.45, 2.75) is 26.4 Å². The van der Waals surface area contributed by atoms with E-state index in [0.29, 0.717) is 19.6 Å². The number of hydrogen-bond acceptors (Lipinski definition) is 4. The van der Waals surface area contributed by atoms with Gasteiger partial charge in [0.2, 0.25) is 0 Å². The van der Waals surface area contributed by atoms with Gasteiger partial charge in [-0.25, -0.2) is 5.48 Å². The summed E-state index contributed by atoms with van der Waals surface area (Å²) in [6.45, 7) is 2.75. The molecule has 1 rings (SSSR count). The van der Waals surface area contributed by atoms with Gasteiger partial charge in [0.15, 0.2) is 0 Å². The third-order valence-corrected chi connectivity index (χ3v) is 3.07. The van der Waals surface area contributed by atoms with Crippen molar-refractivity contribution in [2.75, 3.05) is 6.54 Å². The van der Waals surface area contributed by atoms with Crippen molar-refractivity contribution in [3.05, 3.63) is 35.9 Å². The van der Waals surface area contributed by atoms with E-state index in [1.165, 1.54) is 0 Å². The highest BCUT2D eigenvalue weighted by Gasteiger charge is 2.23. The molecule has 0 heterocycles. The van der Waals surface area contributed by atoms with Gasteiger partial charge in [0, 0.05) is 6.54 Å². The van der Waals surface area contributed by atoms with E-state index < -0.39 is 17.9 Å². The normalized spacial score (nSPS) is 13.6. The van der Waals surface area contributed by atoms with Crippen molar-refractivity contribution >= 4 is 11.9 Å². The maximum absolute atomic E-state index is 11.0. The molecule has 0 aliphatic heterocycles. The molecule has 0 fully saturated rings. The van der Waals surface area contributed by atoms with Crippen LogP contribution in [-0.4, -0.2) is 28.7 Å². The predicted octanol–water partition coefficient (Wildman–Crippen LogP) is 1.91. The van der Waals surface area contributed by atoms with Crippen molar-refractivity contribution in [1.29, 1.82) is 0 Å². The van der Waals surface area contributed by atoms with E-state index in [0.717, 1.165) is 5.56 Å². The van der Waals surface area contributed by atoms with Gasteiger partial charge in [0.1, 0.15) is 0 Å². The molecule has 1 aromatic carbocycles. The summed E-state index contributed by atoms with van der Waals surface area (Å²) in [5, 5.41) is 17.7. The van der Waals surface area contributed by atoms with Gasteiger partial charge in [-0.1, -0.05) is 37.3 Å². The first-order valence-electron chi connectivity index (χ1n) is 6.82.